The van der Waals surface area contributed by atoms with Crippen molar-refractivity contribution in [1.29, 1.82) is 0 Å². The molecule has 108 heavy (non-hydrogen) atoms. The first kappa shape index (κ1) is 81.1. The van der Waals surface area contributed by atoms with E-state index in [0.717, 1.165) is 0 Å². The molecule has 2 N–H and O–H groups in total. The van der Waals surface area contributed by atoms with Crippen molar-refractivity contribution in [3.63, 3.8) is 0 Å². The summed E-state index contributed by atoms with van der Waals surface area (Å²) >= 11 is 0. The van der Waals surface area contributed by atoms with Crippen LogP contribution in [0.5, 0.6) is 46.0 Å². The average Bonchev–Trinajstić information content (AvgIpc) is 1.48. The lowest BCUT2D eigenvalue weighted by Crippen LogP contribution is -2.34. The van der Waals surface area contributed by atoms with E-state index in [2.05, 4.69) is 30.7 Å². The smallest absolute Gasteiger partial charge is 0.340 e. The van der Waals surface area contributed by atoms with Crippen LogP contribution in [0.3, 0.4) is 0 Å². The van der Waals surface area contributed by atoms with Gasteiger partial charge in [-0.25, -0.2) is 9.59 Å². The molecule has 0 fully saturated rings. The molecular formula is C78H88N8O22. The molecule has 0 aromatic heterocycles. The molecule has 6 aromatic carbocycles. The average molecular weight is 1490 g/mol. The predicted molar refractivity (Wildman–Crippen MR) is 387 cm³/mol. The maximum Gasteiger partial charge on any atom is 0.340 e. The van der Waals surface area contributed by atoms with E-state index in [1.807, 2.05) is 0 Å². The van der Waals surface area contributed by atoms with Gasteiger partial charge < -0.3 is 76.9 Å². The maximum absolute atomic E-state index is 13.7. The second kappa shape index (κ2) is 35.2. The quantitative estimate of drug-likeness (QED) is 0.0106. The first-order valence-electron chi connectivity index (χ1n) is 34.9. The number of nitrogens with zero attached hydrogens (tertiary/aromatic N) is 6. The van der Waals surface area contributed by atoms with Crippen molar-refractivity contribution >= 4 is 47.6 Å². The number of carbonyl (C=O) groups is 8. The molecule has 4 aliphatic heterocycles. The van der Waals surface area contributed by atoms with Gasteiger partial charge in [-0.05, 0) is 173 Å². The van der Waals surface area contributed by atoms with Crippen molar-refractivity contribution in [3.8, 4) is 46.0 Å². The Kier molecular flexibility index (Phi) is 26.4. The van der Waals surface area contributed by atoms with E-state index in [4.69, 9.17) is 77.4 Å². The number of amides is 2. The van der Waals surface area contributed by atoms with Gasteiger partial charge in [0.1, 0.15) is 46.0 Å². The predicted octanol–water partition coefficient (Wildman–Crippen LogP) is 12.5. The van der Waals surface area contributed by atoms with Gasteiger partial charge in [0.15, 0.2) is 11.2 Å². The fourth-order valence-electron chi connectivity index (χ4n) is 11.0. The third kappa shape index (κ3) is 19.6. The molecule has 0 atom stereocenters. The Morgan fingerprint density at radius 2 is 0.667 bits per heavy atom. The highest BCUT2D eigenvalue weighted by Crippen LogP contribution is 2.59. The zero-order chi connectivity index (χ0) is 78.2. The van der Waals surface area contributed by atoms with Gasteiger partial charge in [-0.1, -0.05) is 16.3 Å². The molecule has 572 valence electrons. The zero-order valence-corrected chi connectivity index (χ0v) is 62.4. The van der Waals surface area contributed by atoms with Crippen molar-refractivity contribution in [2.24, 2.45) is 31.9 Å². The minimum atomic E-state index is -1.57. The summed E-state index contributed by atoms with van der Waals surface area (Å²) < 4.78 is 80.3. The SMILES string of the molecule is CC(C)(C)C(=O)Oc1ccc2c(c1)Oc1cc(OC(=O)C(C)(C)C)ccc1C21OC(=O)c2cc(C(=O)NCCOCCOCCOCCN=[N+]=[N-])ccc21.CC(C)(C)C(=O)Oc1ccc2c(c1)Oc1cc(OC(=O)C(C)(C)C)ccc1C21OC(=O)c2ccc(C(=O)NCCOCCOCCOCCN=[N+]=[N-])cc21. The Morgan fingerprint density at radius 1 is 0.370 bits per heavy atom. The fourth-order valence-corrected chi connectivity index (χ4v) is 11.0. The molecule has 0 aliphatic carbocycles. The Labute approximate surface area is 623 Å². The highest BCUT2D eigenvalue weighted by atomic mass is 16.6. The largest absolute Gasteiger partial charge is 0.456 e. The summed E-state index contributed by atoms with van der Waals surface area (Å²) in [6, 6.07) is 28.7. The molecule has 4 heterocycles. The second-order valence-corrected chi connectivity index (χ2v) is 29.2. The van der Waals surface area contributed by atoms with E-state index in [-0.39, 0.29) is 108 Å². The van der Waals surface area contributed by atoms with Crippen LogP contribution >= 0.6 is 0 Å². The van der Waals surface area contributed by atoms with Crippen LogP contribution in [0.4, 0.5) is 0 Å². The number of carbonyl (C=O) groups excluding carboxylic acids is 8. The lowest BCUT2D eigenvalue weighted by atomic mass is 9.77. The van der Waals surface area contributed by atoms with Gasteiger partial charge in [-0.15, -0.1) is 0 Å². The fraction of sp³-hybridized carbons (Fsp3) is 0.436. The lowest BCUT2D eigenvalue weighted by Gasteiger charge is -2.37. The van der Waals surface area contributed by atoms with Gasteiger partial charge in [-0.3, -0.25) is 28.8 Å². The van der Waals surface area contributed by atoms with Gasteiger partial charge in [0.05, 0.1) is 112 Å². The van der Waals surface area contributed by atoms with E-state index in [9.17, 15) is 38.4 Å². The molecule has 0 bridgehead atoms. The number of nitrogens with one attached hydrogen (secondary N) is 2. The number of hydrogen-bond donors (Lipinski definition) is 2. The number of hydrogen-bond acceptors (Lipinski definition) is 24. The molecule has 2 amide bonds. The number of azide groups is 2. The van der Waals surface area contributed by atoms with Gasteiger partial charge in [0.2, 0.25) is 0 Å². The van der Waals surface area contributed by atoms with Crippen LogP contribution in [-0.4, -0.2) is 153 Å². The number of esters is 6. The molecule has 0 unspecified atom stereocenters. The van der Waals surface area contributed by atoms with Crippen molar-refractivity contribution in [1.82, 2.24) is 10.6 Å². The summed E-state index contributed by atoms with van der Waals surface area (Å²) in [5.74, 6) is -2.06. The molecule has 2 spiro atoms. The number of fused-ring (bicyclic) bond motifs is 12. The number of ether oxygens (including phenoxy) is 14. The monoisotopic (exact) mass is 1490 g/mol. The summed E-state index contributed by atoms with van der Waals surface area (Å²) in [7, 11) is 0. The van der Waals surface area contributed by atoms with Crippen LogP contribution < -0.4 is 39.1 Å². The lowest BCUT2D eigenvalue weighted by molar-refractivity contribution is -0.143. The summed E-state index contributed by atoms with van der Waals surface area (Å²) in [6.07, 6.45) is 0. The van der Waals surface area contributed by atoms with E-state index < -0.39 is 80.5 Å². The molecule has 4 aliphatic rings. The standard InChI is InChI=1S/2C39H44N4O11/c1-37(2,3)35(46)51-25-8-11-29-31(22-25)53-32-23-26(52-36(47)38(4,5)6)9-12-30(32)39(29)28-10-7-24(21-27(28)34(45)54-39)33(44)41-13-15-48-17-19-50-20-18-49-16-14-42-43-40;1-37(2,3)35(46)51-25-8-11-28-31(22-25)53-32-23-26(52-36(47)38(4,5)6)9-12-29(32)39(28)30-21-24(7-10-27(30)34(45)54-39)33(44)41-13-15-48-17-19-50-20-18-49-16-14-42-43-40/h2*7-12,21-23H,13-20H2,1-6H3,(H,41,44). The van der Waals surface area contributed by atoms with Crippen molar-refractivity contribution < 1.29 is 105 Å². The minimum Gasteiger partial charge on any atom is -0.456 e. The maximum atomic E-state index is 13.7. The topological polar surface area (TPSA) is 387 Å². The van der Waals surface area contributed by atoms with Crippen molar-refractivity contribution in [2.45, 2.75) is 94.3 Å². The van der Waals surface area contributed by atoms with Crippen molar-refractivity contribution in [2.75, 3.05) is 105 Å². The third-order valence-electron chi connectivity index (χ3n) is 16.7. The Hall–Kier alpha value is -10.9. The minimum absolute atomic E-state index is 0.183. The summed E-state index contributed by atoms with van der Waals surface area (Å²) in [5, 5.41) is 12.4. The van der Waals surface area contributed by atoms with E-state index >= 15 is 0 Å². The van der Waals surface area contributed by atoms with Gasteiger partial charge >= 0.3 is 35.8 Å². The van der Waals surface area contributed by atoms with E-state index in [1.54, 1.807) is 174 Å². The molecule has 0 radical (unpaired) electrons. The zero-order valence-electron chi connectivity index (χ0n) is 62.4. The van der Waals surface area contributed by atoms with Gasteiger partial charge in [0.25, 0.3) is 11.8 Å². The van der Waals surface area contributed by atoms with Crippen molar-refractivity contribution in [3.05, 3.63) is 186 Å². The molecule has 6 aromatic rings. The van der Waals surface area contributed by atoms with Gasteiger partial charge in [0, 0.05) is 105 Å². The molecule has 10 rings (SSSR count). The van der Waals surface area contributed by atoms with Crippen LogP contribution in [0.15, 0.2) is 119 Å². The normalized spacial score (nSPS) is 13.8. The molecule has 0 saturated carbocycles. The Bertz CT molecular complexity index is 4320. The van der Waals surface area contributed by atoms with Crippen LogP contribution in [0, 0.1) is 21.7 Å². The molecule has 0 saturated heterocycles. The first-order valence-corrected chi connectivity index (χ1v) is 34.9. The first-order chi connectivity index (χ1) is 51.3. The number of benzene rings is 6. The summed E-state index contributed by atoms with van der Waals surface area (Å²) in [5.41, 5.74) is 14.0. The number of rotatable bonds is 30. The molecule has 30 nitrogen and oxygen atoms in total. The highest BCUT2D eigenvalue weighted by Gasteiger charge is 2.56. The summed E-state index contributed by atoms with van der Waals surface area (Å²) in [4.78, 5) is 110. The Balaban J connectivity index is 0.000000249. The van der Waals surface area contributed by atoms with Crippen LogP contribution in [0.1, 0.15) is 158 Å². The third-order valence-corrected chi connectivity index (χ3v) is 16.7. The molecular weight excluding hydrogens is 1400 g/mol. The molecule has 30 heteroatoms. The van der Waals surface area contributed by atoms with Crippen LogP contribution in [0.2, 0.25) is 0 Å². The van der Waals surface area contributed by atoms with E-state index in [1.165, 1.54) is 18.2 Å². The second-order valence-electron chi connectivity index (χ2n) is 29.2. The van der Waals surface area contributed by atoms with Crippen LogP contribution in [-0.2, 0) is 68.3 Å². The van der Waals surface area contributed by atoms with Gasteiger partial charge in [-0.2, -0.15) is 0 Å². The highest BCUT2D eigenvalue weighted by molar-refractivity contribution is 6.03. The van der Waals surface area contributed by atoms with E-state index in [0.29, 0.717) is 99.4 Å². The summed E-state index contributed by atoms with van der Waals surface area (Å²) in [6.45, 7) is 25.7. The Morgan fingerprint density at radius 3 is 1.01 bits per heavy atom. The van der Waals surface area contributed by atoms with Crippen LogP contribution in [0.25, 0.3) is 20.9 Å².